The van der Waals surface area contributed by atoms with E-state index in [2.05, 4.69) is 20.8 Å². The molecule has 3 nitrogen and oxygen atoms in total. The topological polar surface area (TPSA) is 46.3 Å². The summed E-state index contributed by atoms with van der Waals surface area (Å²) in [6, 6.07) is 0. The van der Waals surface area contributed by atoms with Crippen molar-refractivity contribution in [1.82, 2.24) is 4.90 Å². The van der Waals surface area contributed by atoms with Crippen LogP contribution in [0.1, 0.15) is 40.5 Å². The van der Waals surface area contributed by atoms with Crippen LogP contribution in [0.3, 0.4) is 0 Å². The summed E-state index contributed by atoms with van der Waals surface area (Å²) < 4.78 is 0. The highest BCUT2D eigenvalue weighted by Gasteiger charge is 2.21. The van der Waals surface area contributed by atoms with Gasteiger partial charge in [0, 0.05) is 25.6 Å². The SMILES string of the molecule is CCCCN(CCN)C(=O)C(C)C(C)C. The average Bonchev–Trinajstić information content (AvgIpc) is 2.22. The van der Waals surface area contributed by atoms with E-state index < -0.39 is 0 Å². The van der Waals surface area contributed by atoms with E-state index in [4.69, 9.17) is 5.73 Å². The van der Waals surface area contributed by atoms with Gasteiger partial charge in [-0.15, -0.1) is 0 Å². The van der Waals surface area contributed by atoms with Crippen molar-refractivity contribution in [2.45, 2.75) is 40.5 Å². The molecule has 0 aromatic carbocycles. The highest BCUT2D eigenvalue weighted by Crippen LogP contribution is 2.13. The van der Waals surface area contributed by atoms with Crippen LogP contribution in [0.4, 0.5) is 0 Å². The van der Waals surface area contributed by atoms with Crippen LogP contribution >= 0.6 is 0 Å². The van der Waals surface area contributed by atoms with E-state index in [-0.39, 0.29) is 11.8 Å². The minimum Gasteiger partial charge on any atom is -0.341 e. The second-order valence-corrected chi connectivity index (χ2v) is 4.50. The van der Waals surface area contributed by atoms with Crippen LogP contribution in [0.2, 0.25) is 0 Å². The monoisotopic (exact) mass is 214 g/mol. The molecule has 2 N–H and O–H groups in total. The first-order chi connectivity index (χ1) is 7.04. The summed E-state index contributed by atoms with van der Waals surface area (Å²) in [6.45, 7) is 10.4. The van der Waals surface area contributed by atoms with Crippen LogP contribution in [0, 0.1) is 11.8 Å². The standard InChI is InChI=1S/C12H26N2O/c1-5-6-8-14(9-7-13)12(15)11(4)10(2)3/h10-11H,5-9,13H2,1-4H3. The Bertz CT molecular complexity index is 180. The molecule has 1 amide bonds. The second-order valence-electron chi connectivity index (χ2n) is 4.50. The molecule has 0 bridgehead atoms. The molecular formula is C12H26N2O. The van der Waals surface area contributed by atoms with Crippen LogP contribution in [0.5, 0.6) is 0 Å². The lowest BCUT2D eigenvalue weighted by atomic mass is 9.96. The van der Waals surface area contributed by atoms with E-state index in [9.17, 15) is 4.79 Å². The average molecular weight is 214 g/mol. The molecule has 0 fully saturated rings. The highest BCUT2D eigenvalue weighted by molar-refractivity contribution is 5.78. The lowest BCUT2D eigenvalue weighted by molar-refractivity contribution is -0.136. The van der Waals surface area contributed by atoms with Crippen molar-refractivity contribution >= 4 is 5.91 Å². The predicted molar refractivity (Wildman–Crippen MR) is 64.5 cm³/mol. The molecule has 0 saturated carbocycles. The molecule has 1 atom stereocenters. The number of amides is 1. The summed E-state index contributed by atoms with van der Waals surface area (Å²) in [7, 11) is 0. The molecule has 0 rings (SSSR count). The zero-order valence-electron chi connectivity index (χ0n) is 10.6. The molecule has 0 spiro atoms. The molecule has 1 unspecified atom stereocenters. The third-order valence-corrected chi connectivity index (χ3v) is 2.88. The molecule has 0 aromatic heterocycles. The van der Waals surface area contributed by atoms with Crippen molar-refractivity contribution in [1.29, 1.82) is 0 Å². The van der Waals surface area contributed by atoms with Crippen molar-refractivity contribution in [3.05, 3.63) is 0 Å². The van der Waals surface area contributed by atoms with Crippen LogP contribution in [-0.4, -0.2) is 30.4 Å². The van der Waals surface area contributed by atoms with Crippen molar-refractivity contribution in [3.8, 4) is 0 Å². The first-order valence-corrected chi connectivity index (χ1v) is 6.03. The zero-order chi connectivity index (χ0) is 11.8. The maximum Gasteiger partial charge on any atom is 0.225 e. The molecule has 0 radical (unpaired) electrons. The molecule has 0 aliphatic rings. The molecule has 0 aliphatic heterocycles. The van der Waals surface area contributed by atoms with Crippen molar-refractivity contribution in [3.63, 3.8) is 0 Å². The highest BCUT2D eigenvalue weighted by atomic mass is 16.2. The minimum atomic E-state index is 0.105. The number of unbranched alkanes of at least 4 members (excludes halogenated alkanes) is 1. The fourth-order valence-electron chi connectivity index (χ4n) is 1.41. The van der Waals surface area contributed by atoms with Crippen LogP contribution in [-0.2, 0) is 4.79 Å². The first kappa shape index (κ1) is 14.4. The van der Waals surface area contributed by atoms with Gasteiger partial charge in [-0.3, -0.25) is 4.79 Å². The summed E-state index contributed by atoms with van der Waals surface area (Å²) >= 11 is 0. The van der Waals surface area contributed by atoms with E-state index in [0.717, 1.165) is 19.4 Å². The van der Waals surface area contributed by atoms with E-state index in [1.165, 1.54) is 0 Å². The van der Waals surface area contributed by atoms with Crippen LogP contribution in [0.15, 0.2) is 0 Å². The number of nitrogens with two attached hydrogens (primary N) is 1. The number of carbonyl (C=O) groups excluding carboxylic acids is 1. The van der Waals surface area contributed by atoms with Gasteiger partial charge in [0.25, 0.3) is 0 Å². The van der Waals surface area contributed by atoms with Gasteiger partial charge < -0.3 is 10.6 Å². The van der Waals surface area contributed by atoms with Gasteiger partial charge in [0.1, 0.15) is 0 Å². The number of rotatable bonds is 7. The summed E-state index contributed by atoms with van der Waals surface area (Å²) in [5, 5.41) is 0. The first-order valence-electron chi connectivity index (χ1n) is 6.03. The summed E-state index contributed by atoms with van der Waals surface area (Å²) in [4.78, 5) is 14.0. The quantitative estimate of drug-likeness (QED) is 0.703. The van der Waals surface area contributed by atoms with Gasteiger partial charge in [-0.2, -0.15) is 0 Å². The lowest BCUT2D eigenvalue weighted by Gasteiger charge is -2.26. The molecule has 0 aromatic rings. The molecule has 15 heavy (non-hydrogen) atoms. The Balaban J connectivity index is 4.26. The zero-order valence-corrected chi connectivity index (χ0v) is 10.6. The maximum absolute atomic E-state index is 12.1. The Labute approximate surface area is 94.0 Å². The predicted octanol–water partition coefficient (Wildman–Crippen LogP) is 1.87. The molecular weight excluding hydrogens is 188 g/mol. The number of hydrogen-bond acceptors (Lipinski definition) is 2. The van der Waals surface area contributed by atoms with Crippen molar-refractivity contribution < 1.29 is 4.79 Å². The Hall–Kier alpha value is -0.570. The van der Waals surface area contributed by atoms with Crippen LogP contribution in [0.25, 0.3) is 0 Å². The molecule has 3 heteroatoms. The van der Waals surface area contributed by atoms with Gasteiger partial charge in [-0.1, -0.05) is 34.1 Å². The van der Waals surface area contributed by atoms with Gasteiger partial charge in [-0.25, -0.2) is 0 Å². The fourth-order valence-corrected chi connectivity index (χ4v) is 1.41. The van der Waals surface area contributed by atoms with Crippen molar-refractivity contribution in [2.24, 2.45) is 17.6 Å². The lowest BCUT2D eigenvalue weighted by Crippen LogP contribution is -2.40. The van der Waals surface area contributed by atoms with Gasteiger partial charge in [0.05, 0.1) is 0 Å². The Morgan fingerprint density at radius 2 is 1.87 bits per heavy atom. The molecule has 0 aliphatic carbocycles. The summed E-state index contributed by atoms with van der Waals surface area (Å²) in [5.74, 6) is 0.761. The number of carbonyl (C=O) groups is 1. The molecule has 0 saturated heterocycles. The fraction of sp³-hybridized carbons (Fsp3) is 0.917. The number of hydrogen-bond donors (Lipinski definition) is 1. The Kier molecular flexibility index (Phi) is 7.39. The van der Waals surface area contributed by atoms with Gasteiger partial charge in [0.2, 0.25) is 5.91 Å². The number of nitrogens with zero attached hydrogens (tertiary/aromatic N) is 1. The van der Waals surface area contributed by atoms with E-state index >= 15 is 0 Å². The van der Waals surface area contributed by atoms with Gasteiger partial charge in [-0.05, 0) is 12.3 Å². The van der Waals surface area contributed by atoms with Crippen LogP contribution < -0.4 is 5.73 Å². The summed E-state index contributed by atoms with van der Waals surface area (Å²) in [6.07, 6.45) is 2.18. The molecule has 0 heterocycles. The largest absolute Gasteiger partial charge is 0.341 e. The van der Waals surface area contributed by atoms with E-state index in [0.29, 0.717) is 19.0 Å². The Morgan fingerprint density at radius 3 is 2.27 bits per heavy atom. The maximum atomic E-state index is 12.1. The minimum absolute atomic E-state index is 0.105. The Morgan fingerprint density at radius 1 is 1.27 bits per heavy atom. The van der Waals surface area contributed by atoms with Gasteiger partial charge in [0.15, 0.2) is 0 Å². The third-order valence-electron chi connectivity index (χ3n) is 2.88. The van der Waals surface area contributed by atoms with Gasteiger partial charge >= 0.3 is 0 Å². The van der Waals surface area contributed by atoms with E-state index in [1.54, 1.807) is 0 Å². The molecule has 90 valence electrons. The second kappa shape index (κ2) is 7.69. The normalized spacial score (nSPS) is 12.9. The van der Waals surface area contributed by atoms with E-state index in [1.807, 2.05) is 11.8 Å². The smallest absolute Gasteiger partial charge is 0.225 e. The third kappa shape index (κ3) is 5.17. The van der Waals surface area contributed by atoms with Crippen molar-refractivity contribution in [2.75, 3.05) is 19.6 Å². The summed E-state index contributed by atoms with van der Waals surface area (Å²) in [5.41, 5.74) is 5.52.